The molecule has 0 heterocycles. The third-order valence-electron chi connectivity index (χ3n) is 3.70. The molecule has 1 fully saturated rings. The predicted molar refractivity (Wildman–Crippen MR) is 73.2 cm³/mol. The third kappa shape index (κ3) is 2.01. The molecule has 1 aliphatic carbocycles. The minimum Gasteiger partial charge on any atom is -0.380 e. The molecule has 0 radical (unpaired) electrons. The number of rotatable bonds is 2. The molecule has 2 aromatic rings. The molecule has 0 spiro atoms. The van der Waals surface area contributed by atoms with Crippen molar-refractivity contribution in [2.45, 2.75) is 31.3 Å². The van der Waals surface area contributed by atoms with E-state index in [1.807, 2.05) is 0 Å². The lowest BCUT2D eigenvalue weighted by atomic mass is 10.1. The van der Waals surface area contributed by atoms with Gasteiger partial charge in [0.15, 0.2) is 0 Å². The summed E-state index contributed by atoms with van der Waals surface area (Å²) in [6.45, 7) is 0. The Bertz CT molecular complexity index is 516. The molecule has 17 heavy (non-hydrogen) atoms. The van der Waals surface area contributed by atoms with Gasteiger partial charge < -0.3 is 11.1 Å². The van der Waals surface area contributed by atoms with E-state index < -0.39 is 0 Å². The summed E-state index contributed by atoms with van der Waals surface area (Å²) in [5.74, 6) is 0. The maximum atomic E-state index is 6.11. The second kappa shape index (κ2) is 4.38. The van der Waals surface area contributed by atoms with Crippen molar-refractivity contribution in [2.24, 2.45) is 5.73 Å². The fourth-order valence-electron chi connectivity index (χ4n) is 2.72. The molecule has 0 aromatic heterocycles. The first-order valence-electron chi connectivity index (χ1n) is 6.34. The van der Waals surface area contributed by atoms with Gasteiger partial charge in [-0.25, -0.2) is 0 Å². The first kappa shape index (κ1) is 10.6. The first-order valence-corrected chi connectivity index (χ1v) is 6.34. The maximum Gasteiger partial charge on any atom is 0.0422 e. The van der Waals surface area contributed by atoms with Gasteiger partial charge in [0.25, 0.3) is 0 Å². The number of hydrogen-bond donors (Lipinski definition) is 2. The minimum atomic E-state index is 0.300. The Hall–Kier alpha value is -1.54. The van der Waals surface area contributed by atoms with Crippen molar-refractivity contribution in [3.63, 3.8) is 0 Å². The number of nitrogens with two attached hydrogens (primary N) is 1. The SMILES string of the molecule is NC1CCCC1Nc1cccc2ccccc12. The Morgan fingerprint density at radius 2 is 1.82 bits per heavy atom. The van der Waals surface area contributed by atoms with Gasteiger partial charge >= 0.3 is 0 Å². The highest BCUT2D eigenvalue weighted by Crippen LogP contribution is 2.27. The molecule has 0 saturated heterocycles. The lowest BCUT2D eigenvalue weighted by Crippen LogP contribution is -2.35. The van der Waals surface area contributed by atoms with Crippen LogP contribution >= 0.6 is 0 Å². The van der Waals surface area contributed by atoms with E-state index in [2.05, 4.69) is 47.8 Å². The van der Waals surface area contributed by atoms with Crippen LogP contribution in [-0.2, 0) is 0 Å². The van der Waals surface area contributed by atoms with Crippen molar-refractivity contribution in [1.29, 1.82) is 0 Å². The highest BCUT2D eigenvalue weighted by atomic mass is 15.0. The molecule has 2 nitrogen and oxygen atoms in total. The molecule has 0 bridgehead atoms. The van der Waals surface area contributed by atoms with Crippen molar-refractivity contribution >= 4 is 16.5 Å². The summed E-state index contributed by atoms with van der Waals surface area (Å²) in [5.41, 5.74) is 7.32. The van der Waals surface area contributed by atoms with Crippen LogP contribution in [0.2, 0.25) is 0 Å². The third-order valence-corrected chi connectivity index (χ3v) is 3.70. The maximum absolute atomic E-state index is 6.11. The summed E-state index contributed by atoms with van der Waals surface area (Å²) < 4.78 is 0. The highest BCUT2D eigenvalue weighted by molar-refractivity contribution is 5.93. The van der Waals surface area contributed by atoms with Gasteiger partial charge in [0.2, 0.25) is 0 Å². The average molecular weight is 226 g/mol. The standard InChI is InChI=1S/C15H18N2/c16-13-8-4-10-15(13)17-14-9-3-6-11-5-1-2-7-12(11)14/h1-3,5-7,9,13,15,17H,4,8,10,16H2. The number of anilines is 1. The van der Waals surface area contributed by atoms with Crippen LogP contribution in [0.4, 0.5) is 5.69 Å². The van der Waals surface area contributed by atoms with Crippen molar-refractivity contribution < 1.29 is 0 Å². The Morgan fingerprint density at radius 3 is 2.65 bits per heavy atom. The smallest absolute Gasteiger partial charge is 0.0422 e. The van der Waals surface area contributed by atoms with Crippen LogP contribution in [0, 0.1) is 0 Å². The zero-order chi connectivity index (χ0) is 11.7. The van der Waals surface area contributed by atoms with Crippen LogP contribution in [-0.4, -0.2) is 12.1 Å². The largest absolute Gasteiger partial charge is 0.380 e. The van der Waals surface area contributed by atoms with Crippen molar-refractivity contribution in [2.75, 3.05) is 5.32 Å². The first-order chi connectivity index (χ1) is 8.34. The molecule has 1 aliphatic rings. The monoisotopic (exact) mass is 226 g/mol. The second-order valence-corrected chi connectivity index (χ2v) is 4.87. The molecule has 0 amide bonds. The van der Waals surface area contributed by atoms with Crippen molar-refractivity contribution in [3.8, 4) is 0 Å². The Kier molecular flexibility index (Phi) is 2.73. The molecular weight excluding hydrogens is 208 g/mol. The normalized spacial score (nSPS) is 24.1. The van der Waals surface area contributed by atoms with Gasteiger partial charge in [0, 0.05) is 23.2 Å². The summed E-state index contributed by atoms with van der Waals surface area (Å²) in [6.07, 6.45) is 3.57. The van der Waals surface area contributed by atoms with E-state index >= 15 is 0 Å². The summed E-state index contributed by atoms with van der Waals surface area (Å²) in [4.78, 5) is 0. The van der Waals surface area contributed by atoms with Gasteiger partial charge in [-0.3, -0.25) is 0 Å². The predicted octanol–water partition coefficient (Wildman–Crippen LogP) is 3.13. The van der Waals surface area contributed by atoms with Crippen LogP contribution in [0.25, 0.3) is 10.8 Å². The van der Waals surface area contributed by atoms with Crippen LogP contribution in [0.15, 0.2) is 42.5 Å². The van der Waals surface area contributed by atoms with E-state index in [1.165, 1.54) is 29.3 Å². The highest BCUT2D eigenvalue weighted by Gasteiger charge is 2.23. The van der Waals surface area contributed by atoms with E-state index in [9.17, 15) is 0 Å². The lowest BCUT2D eigenvalue weighted by Gasteiger charge is -2.19. The molecule has 88 valence electrons. The van der Waals surface area contributed by atoms with Gasteiger partial charge in [-0.15, -0.1) is 0 Å². The van der Waals surface area contributed by atoms with E-state index in [0.717, 1.165) is 6.42 Å². The van der Waals surface area contributed by atoms with E-state index in [-0.39, 0.29) is 0 Å². The van der Waals surface area contributed by atoms with Crippen molar-refractivity contribution in [1.82, 2.24) is 0 Å². The molecule has 2 unspecified atom stereocenters. The molecule has 2 atom stereocenters. The molecule has 2 aromatic carbocycles. The summed E-state index contributed by atoms with van der Waals surface area (Å²) in [6, 6.07) is 15.6. The molecule has 3 N–H and O–H groups in total. The Morgan fingerprint density at radius 1 is 1.00 bits per heavy atom. The molecule has 2 heteroatoms. The number of nitrogens with one attached hydrogen (secondary N) is 1. The Balaban J connectivity index is 1.94. The molecule has 1 saturated carbocycles. The molecular formula is C15H18N2. The quantitative estimate of drug-likeness (QED) is 0.825. The van der Waals surface area contributed by atoms with Gasteiger partial charge in [0.1, 0.15) is 0 Å². The van der Waals surface area contributed by atoms with E-state index in [1.54, 1.807) is 0 Å². The van der Waals surface area contributed by atoms with Crippen LogP contribution in [0.1, 0.15) is 19.3 Å². The molecule has 0 aliphatic heterocycles. The van der Waals surface area contributed by atoms with Gasteiger partial charge in [0.05, 0.1) is 0 Å². The summed E-state index contributed by atoms with van der Waals surface area (Å²) >= 11 is 0. The zero-order valence-electron chi connectivity index (χ0n) is 9.89. The Labute approximate surface area is 102 Å². The average Bonchev–Trinajstić information content (AvgIpc) is 2.76. The summed E-state index contributed by atoms with van der Waals surface area (Å²) in [7, 11) is 0. The van der Waals surface area contributed by atoms with E-state index in [4.69, 9.17) is 5.73 Å². The van der Waals surface area contributed by atoms with Crippen LogP contribution in [0.3, 0.4) is 0 Å². The number of hydrogen-bond acceptors (Lipinski definition) is 2. The number of fused-ring (bicyclic) bond motifs is 1. The van der Waals surface area contributed by atoms with Gasteiger partial charge in [-0.2, -0.15) is 0 Å². The fraction of sp³-hybridized carbons (Fsp3) is 0.333. The van der Waals surface area contributed by atoms with E-state index in [0.29, 0.717) is 12.1 Å². The van der Waals surface area contributed by atoms with Gasteiger partial charge in [-0.1, -0.05) is 36.4 Å². The topological polar surface area (TPSA) is 38.0 Å². The lowest BCUT2D eigenvalue weighted by molar-refractivity contribution is 0.638. The van der Waals surface area contributed by atoms with Crippen LogP contribution < -0.4 is 11.1 Å². The second-order valence-electron chi connectivity index (χ2n) is 4.87. The minimum absolute atomic E-state index is 0.300. The van der Waals surface area contributed by atoms with Crippen molar-refractivity contribution in [3.05, 3.63) is 42.5 Å². The summed E-state index contributed by atoms with van der Waals surface area (Å²) in [5, 5.41) is 6.18. The van der Waals surface area contributed by atoms with Gasteiger partial charge in [-0.05, 0) is 30.7 Å². The van der Waals surface area contributed by atoms with Crippen LogP contribution in [0.5, 0.6) is 0 Å². The fourth-order valence-corrected chi connectivity index (χ4v) is 2.72. The zero-order valence-corrected chi connectivity index (χ0v) is 9.89. The molecule has 3 rings (SSSR count). The number of benzene rings is 2.